The molecule has 0 aromatic carbocycles. The van der Waals surface area contributed by atoms with E-state index in [1.54, 1.807) is 0 Å². The van der Waals surface area contributed by atoms with Crippen LogP contribution in [0.1, 0.15) is 36.8 Å². The molecule has 2 saturated carbocycles. The number of aromatic nitrogens is 5. The van der Waals surface area contributed by atoms with Crippen LogP contribution >= 0.6 is 11.6 Å². The van der Waals surface area contributed by atoms with E-state index in [0.29, 0.717) is 22.4 Å². The second kappa shape index (κ2) is 6.16. The molecule has 3 aromatic heterocycles. The molecule has 0 saturated heterocycles. The molecule has 2 fully saturated rings. The summed E-state index contributed by atoms with van der Waals surface area (Å²) in [5.74, 6) is 2.74. The smallest absolute Gasteiger partial charge is 0.181 e. The highest BCUT2D eigenvalue weighted by atomic mass is 35.5. The van der Waals surface area contributed by atoms with Crippen molar-refractivity contribution in [1.82, 2.24) is 24.6 Å². The summed E-state index contributed by atoms with van der Waals surface area (Å²) in [6.45, 7) is 0.768. The molecular weight excluding hydrogens is 355 g/mol. The number of nitrogens with one attached hydrogen (secondary N) is 1. The van der Waals surface area contributed by atoms with E-state index in [9.17, 15) is 4.39 Å². The van der Waals surface area contributed by atoms with Crippen molar-refractivity contribution in [2.45, 2.75) is 31.6 Å². The van der Waals surface area contributed by atoms with E-state index >= 15 is 0 Å². The maximum absolute atomic E-state index is 12.9. The van der Waals surface area contributed by atoms with Gasteiger partial charge < -0.3 is 5.32 Å². The fourth-order valence-electron chi connectivity index (χ4n) is 3.37. The lowest BCUT2D eigenvalue weighted by Gasteiger charge is -2.09. The molecule has 1 N–H and O–H groups in total. The molecule has 0 aliphatic heterocycles. The first-order valence-corrected chi connectivity index (χ1v) is 9.30. The molecule has 0 spiro atoms. The molecule has 8 heteroatoms. The third-order valence-corrected chi connectivity index (χ3v) is 5.58. The third kappa shape index (κ3) is 3.00. The van der Waals surface area contributed by atoms with Crippen LogP contribution in [0.2, 0.25) is 5.02 Å². The van der Waals surface area contributed by atoms with Crippen molar-refractivity contribution in [2.24, 2.45) is 11.8 Å². The Labute approximate surface area is 154 Å². The molecule has 26 heavy (non-hydrogen) atoms. The summed E-state index contributed by atoms with van der Waals surface area (Å²) < 4.78 is 14.9. The van der Waals surface area contributed by atoms with Gasteiger partial charge in [-0.2, -0.15) is 0 Å². The monoisotopic (exact) mass is 372 g/mol. The van der Waals surface area contributed by atoms with Gasteiger partial charge in [0, 0.05) is 25.1 Å². The molecule has 0 bridgehead atoms. The topological polar surface area (TPSA) is 68.0 Å². The van der Waals surface area contributed by atoms with Crippen LogP contribution in [0.5, 0.6) is 0 Å². The number of halogens is 2. The van der Waals surface area contributed by atoms with E-state index in [1.807, 2.05) is 16.7 Å². The first kappa shape index (κ1) is 15.9. The Bertz CT molecular complexity index is 952. The number of hydrogen-bond donors (Lipinski definition) is 1. The van der Waals surface area contributed by atoms with Crippen LogP contribution in [0.4, 0.5) is 10.1 Å². The Hall–Kier alpha value is -2.28. The highest BCUT2D eigenvalue weighted by Gasteiger charge is 2.40. The number of anilines is 1. The Balaban J connectivity index is 1.26. The summed E-state index contributed by atoms with van der Waals surface area (Å²) in [7, 11) is 0. The Kier molecular flexibility index (Phi) is 3.77. The molecule has 3 heterocycles. The van der Waals surface area contributed by atoms with Crippen molar-refractivity contribution < 1.29 is 4.39 Å². The van der Waals surface area contributed by atoms with Crippen LogP contribution in [0, 0.1) is 17.7 Å². The van der Waals surface area contributed by atoms with E-state index < -0.39 is 5.82 Å². The van der Waals surface area contributed by atoms with Crippen LogP contribution < -0.4 is 5.32 Å². The third-order valence-electron chi connectivity index (χ3n) is 5.21. The van der Waals surface area contributed by atoms with Crippen LogP contribution in [0.3, 0.4) is 0 Å². The summed E-state index contributed by atoms with van der Waals surface area (Å²) in [5, 5.41) is 12.5. The second-order valence-electron chi connectivity index (χ2n) is 7.24. The minimum Gasteiger partial charge on any atom is -0.383 e. The van der Waals surface area contributed by atoms with Gasteiger partial charge in [0.05, 0.1) is 18.1 Å². The van der Waals surface area contributed by atoms with Crippen molar-refractivity contribution in [3.8, 4) is 0 Å². The van der Waals surface area contributed by atoms with E-state index in [1.165, 1.54) is 25.2 Å². The zero-order valence-corrected chi connectivity index (χ0v) is 14.8. The molecular formula is C18H18ClFN6. The minimum atomic E-state index is -0.404. The van der Waals surface area contributed by atoms with Gasteiger partial charge >= 0.3 is 0 Å². The Morgan fingerprint density at radius 2 is 2.04 bits per heavy atom. The van der Waals surface area contributed by atoms with Gasteiger partial charge in [-0.15, -0.1) is 10.2 Å². The van der Waals surface area contributed by atoms with Crippen molar-refractivity contribution >= 4 is 22.9 Å². The van der Waals surface area contributed by atoms with Gasteiger partial charge in [-0.25, -0.2) is 14.4 Å². The molecule has 5 rings (SSSR count). The van der Waals surface area contributed by atoms with Crippen LogP contribution in [0.25, 0.3) is 5.65 Å². The molecule has 0 radical (unpaired) electrons. The van der Waals surface area contributed by atoms with Gasteiger partial charge in [0.2, 0.25) is 0 Å². The predicted octanol–water partition coefficient (Wildman–Crippen LogP) is 3.48. The van der Waals surface area contributed by atoms with Crippen LogP contribution in [0.15, 0.2) is 24.7 Å². The predicted molar refractivity (Wildman–Crippen MR) is 95.8 cm³/mol. The fraction of sp³-hybridized carbons (Fsp3) is 0.444. The number of hydrogen-bond acceptors (Lipinski definition) is 5. The molecule has 3 aromatic rings. The lowest BCUT2D eigenvalue weighted by atomic mass is 10.2. The van der Waals surface area contributed by atoms with E-state index in [-0.39, 0.29) is 5.92 Å². The van der Waals surface area contributed by atoms with Gasteiger partial charge in [-0.3, -0.25) is 4.40 Å². The maximum atomic E-state index is 12.9. The second-order valence-corrected chi connectivity index (χ2v) is 7.62. The summed E-state index contributed by atoms with van der Waals surface area (Å²) in [5.41, 5.74) is 1.55. The Morgan fingerprint density at radius 1 is 1.23 bits per heavy atom. The minimum absolute atomic E-state index is 0.281. The first-order chi connectivity index (χ1) is 12.7. The highest BCUT2D eigenvalue weighted by molar-refractivity contribution is 6.36. The zero-order valence-electron chi connectivity index (χ0n) is 14.1. The van der Waals surface area contributed by atoms with Crippen LogP contribution in [-0.4, -0.2) is 31.1 Å². The van der Waals surface area contributed by atoms with Gasteiger partial charge in [0.1, 0.15) is 16.7 Å². The van der Waals surface area contributed by atoms with Crippen molar-refractivity contribution in [3.63, 3.8) is 0 Å². The standard InChI is InChI=1S/C18H18ClFN6/c19-16-14(3-4-26-15(5-10-1-2-10)24-25-18(16)26)21-7-11-6-13(11)17-22-8-12(20)9-23-17/h3-4,8-11,13,21H,1-2,5-7H2. The molecule has 2 aliphatic carbocycles. The molecule has 2 aliphatic rings. The molecule has 2 unspecified atom stereocenters. The SMILES string of the molecule is Fc1cnc(C2CC2CNc2ccn3c(CC4CC4)nnc3c2Cl)nc1. The quantitative estimate of drug-likeness (QED) is 0.717. The normalized spacial score (nSPS) is 21.9. The summed E-state index contributed by atoms with van der Waals surface area (Å²) in [4.78, 5) is 8.15. The van der Waals surface area contributed by atoms with Crippen molar-refractivity contribution in [3.05, 3.63) is 47.1 Å². The molecule has 134 valence electrons. The molecule has 6 nitrogen and oxygen atoms in total. The number of nitrogens with zero attached hydrogens (tertiary/aromatic N) is 5. The van der Waals surface area contributed by atoms with Gasteiger partial charge in [0.25, 0.3) is 0 Å². The summed E-state index contributed by atoms with van der Waals surface area (Å²) in [6.07, 6.45) is 8.95. The van der Waals surface area contributed by atoms with E-state index in [2.05, 4.69) is 25.5 Å². The lowest BCUT2D eigenvalue weighted by Crippen LogP contribution is -2.07. The molecule has 2 atom stereocenters. The van der Waals surface area contributed by atoms with Crippen molar-refractivity contribution in [1.29, 1.82) is 0 Å². The van der Waals surface area contributed by atoms with Crippen molar-refractivity contribution in [2.75, 3.05) is 11.9 Å². The maximum Gasteiger partial charge on any atom is 0.181 e. The number of rotatable bonds is 6. The van der Waals surface area contributed by atoms with Crippen LogP contribution in [-0.2, 0) is 6.42 Å². The van der Waals surface area contributed by atoms with Gasteiger partial charge in [0.15, 0.2) is 11.5 Å². The number of fused-ring (bicyclic) bond motifs is 1. The summed E-state index contributed by atoms with van der Waals surface area (Å²) >= 11 is 6.53. The summed E-state index contributed by atoms with van der Waals surface area (Å²) in [6, 6.07) is 1.97. The van der Waals surface area contributed by atoms with E-state index in [4.69, 9.17) is 11.6 Å². The zero-order chi connectivity index (χ0) is 17.7. The average Bonchev–Trinajstić information content (AvgIpc) is 3.55. The molecule has 0 amide bonds. The first-order valence-electron chi connectivity index (χ1n) is 8.92. The highest BCUT2D eigenvalue weighted by Crippen LogP contribution is 2.46. The van der Waals surface area contributed by atoms with E-state index in [0.717, 1.165) is 36.8 Å². The lowest BCUT2D eigenvalue weighted by molar-refractivity contribution is 0.607. The number of pyridine rings is 1. The average molecular weight is 373 g/mol. The Morgan fingerprint density at radius 3 is 2.81 bits per heavy atom. The van der Waals surface area contributed by atoms with Gasteiger partial charge in [-0.05, 0) is 37.2 Å². The largest absolute Gasteiger partial charge is 0.383 e. The van der Waals surface area contributed by atoms with Gasteiger partial charge in [-0.1, -0.05) is 11.6 Å². The fourth-order valence-corrected chi connectivity index (χ4v) is 3.63.